The highest BCUT2D eigenvalue weighted by molar-refractivity contribution is 5.48. The highest BCUT2D eigenvalue weighted by Gasteiger charge is 2.02. The van der Waals surface area contributed by atoms with E-state index in [4.69, 9.17) is 10.5 Å². The predicted molar refractivity (Wildman–Crippen MR) is 87.4 cm³/mol. The Morgan fingerprint density at radius 2 is 1.90 bits per heavy atom. The molecule has 2 aromatic carbocycles. The van der Waals surface area contributed by atoms with Crippen molar-refractivity contribution >= 4 is 0 Å². The number of ether oxygens (including phenoxy) is 1. The average Bonchev–Trinajstić information content (AvgIpc) is 2.52. The summed E-state index contributed by atoms with van der Waals surface area (Å²) in [5.41, 5.74) is 8.87. The number of hydrogen-bond donors (Lipinski definition) is 1. The molecular formula is C19H21NO. The van der Waals surface area contributed by atoms with Gasteiger partial charge >= 0.3 is 0 Å². The van der Waals surface area contributed by atoms with E-state index < -0.39 is 0 Å². The van der Waals surface area contributed by atoms with Gasteiger partial charge in [0, 0.05) is 0 Å². The zero-order chi connectivity index (χ0) is 14.9. The second kappa shape index (κ2) is 8.14. The van der Waals surface area contributed by atoms with Gasteiger partial charge in [0.25, 0.3) is 0 Å². The molecule has 21 heavy (non-hydrogen) atoms. The molecule has 108 valence electrons. The van der Waals surface area contributed by atoms with E-state index in [9.17, 15) is 0 Å². The quantitative estimate of drug-likeness (QED) is 0.673. The van der Waals surface area contributed by atoms with Crippen LogP contribution in [0, 0.1) is 18.8 Å². The molecule has 2 aromatic rings. The minimum atomic E-state index is 0.362. The number of aryl methyl sites for hydroxylation is 2. The van der Waals surface area contributed by atoms with Crippen LogP contribution in [-0.4, -0.2) is 13.2 Å². The largest absolute Gasteiger partial charge is 0.492 e. The van der Waals surface area contributed by atoms with Crippen LogP contribution in [-0.2, 0) is 6.42 Å². The van der Waals surface area contributed by atoms with Crippen molar-refractivity contribution in [1.29, 1.82) is 0 Å². The van der Waals surface area contributed by atoms with Crippen molar-refractivity contribution in [3.8, 4) is 17.6 Å². The first-order chi connectivity index (χ1) is 10.3. The minimum absolute atomic E-state index is 0.362. The Kier molecular flexibility index (Phi) is 5.87. The third-order valence-corrected chi connectivity index (χ3v) is 3.17. The van der Waals surface area contributed by atoms with Gasteiger partial charge < -0.3 is 10.5 Å². The Bertz CT molecular complexity index is 623. The Labute approximate surface area is 126 Å². The Balaban J connectivity index is 1.91. The molecule has 0 atom stereocenters. The zero-order valence-corrected chi connectivity index (χ0v) is 12.4. The summed E-state index contributed by atoms with van der Waals surface area (Å²) < 4.78 is 5.87. The molecule has 2 rings (SSSR count). The number of rotatable bonds is 5. The molecule has 0 saturated heterocycles. The summed E-state index contributed by atoms with van der Waals surface area (Å²) in [5.74, 6) is 6.80. The van der Waals surface area contributed by atoms with Gasteiger partial charge in [0.15, 0.2) is 0 Å². The first-order valence-electron chi connectivity index (χ1n) is 7.26. The lowest BCUT2D eigenvalue weighted by Crippen LogP contribution is -2.01. The van der Waals surface area contributed by atoms with E-state index in [0.29, 0.717) is 13.2 Å². The molecule has 0 aromatic heterocycles. The molecule has 0 unspecified atom stereocenters. The Morgan fingerprint density at radius 1 is 1.10 bits per heavy atom. The highest BCUT2D eigenvalue weighted by Crippen LogP contribution is 2.19. The lowest BCUT2D eigenvalue weighted by molar-refractivity contribution is 0.310. The highest BCUT2D eigenvalue weighted by atomic mass is 16.5. The van der Waals surface area contributed by atoms with Gasteiger partial charge in [-0.3, -0.25) is 0 Å². The van der Waals surface area contributed by atoms with Crippen LogP contribution in [0.3, 0.4) is 0 Å². The molecule has 0 aliphatic carbocycles. The molecule has 2 N–H and O–H groups in total. The normalized spacial score (nSPS) is 9.81. The van der Waals surface area contributed by atoms with Crippen molar-refractivity contribution in [2.45, 2.75) is 19.8 Å². The fourth-order valence-electron chi connectivity index (χ4n) is 2.12. The Hall–Kier alpha value is -2.24. The first kappa shape index (κ1) is 15.2. The van der Waals surface area contributed by atoms with E-state index in [0.717, 1.165) is 24.2 Å². The maximum absolute atomic E-state index is 5.87. The van der Waals surface area contributed by atoms with Crippen LogP contribution in [0.5, 0.6) is 5.75 Å². The van der Waals surface area contributed by atoms with Gasteiger partial charge in [-0.05, 0) is 43.0 Å². The third-order valence-electron chi connectivity index (χ3n) is 3.17. The standard InChI is InChI=1S/C19H21NO/c1-16-11-12-19(18(15-16)10-5-13-20)21-14-6-9-17-7-3-2-4-8-17/h2-4,7-8,11-12,15H,6,9,13-14,20H2,1H3. The molecule has 0 heterocycles. The molecule has 0 aliphatic heterocycles. The van der Waals surface area contributed by atoms with Gasteiger partial charge in [0.05, 0.1) is 18.7 Å². The van der Waals surface area contributed by atoms with Gasteiger partial charge in [-0.2, -0.15) is 0 Å². The smallest absolute Gasteiger partial charge is 0.134 e. The minimum Gasteiger partial charge on any atom is -0.492 e. The lowest BCUT2D eigenvalue weighted by Gasteiger charge is -2.09. The van der Waals surface area contributed by atoms with Crippen molar-refractivity contribution in [2.24, 2.45) is 5.73 Å². The Morgan fingerprint density at radius 3 is 2.67 bits per heavy atom. The molecule has 0 saturated carbocycles. The molecule has 0 aliphatic rings. The van der Waals surface area contributed by atoms with Gasteiger partial charge in [-0.15, -0.1) is 0 Å². The summed E-state index contributed by atoms with van der Waals surface area (Å²) in [5, 5.41) is 0. The van der Waals surface area contributed by atoms with Crippen molar-refractivity contribution in [3.05, 3.63) is 65.2 Å². The van der Waals surface area contributed by atoms with Crippen LogP contribution in [0.4, 0.5) is 0 Å². The van der Waals surface area contributed by atoms with Crippen LogP contribution in [0.15, 0.2) is 48.5 Å². The van der Waals surface area contributed by atoms with Crippen LogP contribution in [0.2, 0.25) is 0 Å². The molecule has 0 radical (unpaired) electrons. The van der Waals surface area contributed by atoms with E-state index in [1.807, 2.05) is 31.2 Å². The molecule has 2 nitrogen and oxygen atoms in total. The average molecular weight is 279 g/mol. The maximum Gasteiger partial charge on any atom is 0.134 e. The van der Waals surface area contributed by atoms with E-state index in [1.165, 1.54) is 11.1 Å². The summed E-state index contributed by atoms with van der Waals surface area (Å²) in [6.07, 6.45) is 2.01. The van der Waals surface area contributed by atoms with Crippen molar-refractivity contribution < 1.29 is 4.74 Å². The summed E-state index contributed by atoms with van der Waals surface area (Å²) in [7, 11) is 0. The van der Waals surface area contributed by atoms with Gasteiger partial charge in [0.1, 0.15) is 5.75 Å². The number of hydrogen-bond acceptors (Lipinski definition) is 2. The van der Waals surface area contributed by atoms with E-state index in [1.54, 1.807) is 0 Å². The maximum atomic E-state index is 5.87. The van der Waals surface area contributed by atoms with E-state index >= 15 is 0 Å². The summed E-state index contributed by atoms with van der Waals surface area (Å²) in [6, 6.07) is 16.5. The molecule has 2 heteroatoms. The molecule has 0 fully saturated rings. The molecular weight excluding hydrogens is 258 g/mol. The van der Waals surface area contributed by atoms with E-state index in [-0.39, 0.29) is 0 Å². The second-order valence-corrected chi connectivity index (χ2v) is 4.94. The SMILES string of the molecule is Cc1ccc(OCCCc2ccccc2)c(C#CCN)c1. The fourth-order valence-corrected chi connectivity index (χ4v) is 2.12. The first-order valence-corrected chi connectivity index (χ1v) is 7.26. The van der Waals surface area contributed by atoms with Crippen molar-refractivity contribution in [3.63, 3.8) is 0 Å². The summed E-state index contributed by atoms with van der Waals surface area (Å²) in [6.45, 7) is 3.10. The van der Waals surface area contributed by atoms with Gasteiger partial charge in [-0.25, -0.2) is 0 Å². The topological polar surface area (TPSA) is 35.2 Å². The van der Waals surface area contributed by atoms with Crippen LogP contribution < -0.4 is 10.5 Å². The molecule has 0 spiro atoms. The van der Waals surface area contributed by atoms with Crippen molar-refractivity contribution in [1.82, 2.24) is 0 Å². The van der Waals surface area contributed by atoms with Crippen LogP contribution in [0.1, 0.15) is 23.1 Å². The van der Waals surface area contributed by atoms with E-state index in [2.05, 4.69) is 36.1 Å². The summed E-state index contributed by atoms with van der Waals surface area (Å²) >= 11 is 0. The third kappa shape index (κ3) is 4.98. The lowest BCUT2D eigenvalue weighted by atomic mass is 10.1. The van der Waals surface area contributed by atoms with Gasteiger partial charge in [0.2, 0.25) is 0 Å². The van der Waals surface area contributed by atoms with Crippen LogP contribution >= 0.6 is 0 Å². The van der Waals surface area contributed by atoms with Crippen LogP contribution in [0.25, 0.3) is 0 Å². The van der Waals surface area contributed by atoms with Gasteiger partial charge in [-0.1, -0.05) is 48.2 Å². The monoisotopic (exact) mass is 279 g/mol. The predicted octanol–water partition coefficient (Wildman–Crippen LogP) is 3.32. The second-order valence-electron chi connectivity index (χ2n) is 4.94. The fraction of sp³-hybridized carbons (Fsp3) is 0.263. The van der Waals surface area contributed by atoms with Crippen molar-refractivity contribution in [2.75, 3.05) is 13.2 Å². The number of benzene rings is 2. The number of nitrogens with two attached hydrogens (primary N) is 1. The molecule has 0 bridgehead atoms. The molecule has 0 amide bonds. The zero-order valence-electron chi connectivity index (χ0n) is 12.4. The summed E-state index contributed by atoms with van der Waals surface area (Å²) in [4.78, 5) is 0.